The summed E-state index contributed by atoms with van der Waals surface area (Å²) < 4.78 is 5.83. The highest BCUT2D eigenvalue weighted by Gasteiger charge is 2.29. The number of carbonyl (C=O) groups is 1. The maximum absolute atomic E-state index is 11.0. The van der Waals surface area contributed by atoms with Gasteiger partial charge < -0.3 is 4.74 Å². The SMILES string of the molecule is C=C=C(OCc1ccc(Cc2ccccc2)cc1)C(C)CC.CCC1C(=O)CCC1C. The van der Waals surface area contributed by atoms with Crippen LogP contribution in [-0.2, 0) is 22.6 Å². The van der Waals surface area contributed by atoms with Crippen molar-refractivity contribution >= 4 is 5.78 Å². The molecule has 0 N–H and O–H groups in total. The maximum atomic E-state index is 11.0. The lowest BCUT2D eigenvalue weighted by molar-refractivity contribution is -0.121. The van der Waals surface area contributed by atoms with Crippen molar-refractivity contribution in [2.75, 3.05) is 0 Å². The lowest BCUT2D eigenvalue weighted by Gasteiger charge is -2.13. The molecule has 2 nitrogen and oxygen atoms in total. The number of rotatable bonds is 8. The van der Waals surface area contributed by atoms with Crippen LogP contribution in [0.2, 0.25) is 0 Å². The number of allylic oxidation sites excluding steroid dienone is 1. The molecule has 0 radical (unpaired) electrons. The summed E-state index contributed by atoms with van der Waals surface area (Å²) in [6, 6.07) is 19.1. The van der Waals surface area contributed by atoms with E-state index in [2.05, 4.69) is 88.5 Å². The highest BCUT2D eigenvalue weighted by atomic mass is 16.5. The summed E-state index contributed by atoms with van der Waals surface area (Å²) in [5.74, 6) is 2.77. The van der Waals surface area contributed by atoms with Crippen LogP contribution in [0.5, 0.6) is 0 Å². The predicted octanol–water partition coefficient (Wildman–Crippen LogP) is 7.52. The minimum atomic E-state index is 0.370. The Balaban J connectivity index is 0.000000316. The van der Waals surface area contributed by atoms with Gasteiger partial charge in [-0.3, -0.25) is 4.79 Å². The Morgan fingerprint density at radius 2 is 1.68 bits per heavy atom. The van der Waals surface area contributed by atoms with Crippen LogP contribution in [0.3, 0.4) is 0 Å². The lowest BCUT2D eigenvalue weighted by atomic mass is 9.95. The fourth-order valence-electron chi connectivity index (χ4n) is 4.00. The van der Waals surface area contributed by atoms with E-state index in [9.17, 15) is 4.79 Å². The van der Waals surface area contributed by atoms with Crippen LogP contribution in [0.4, 0.5) is 0 Å². The van der Waals surface area contributed by atoms with Crippen LogP contribution in [0.15, 0.2) is 72.7 Å². The molecule has 0 bridgehead atoms. The van der Waals surface area contributed by atoms with Crippen LogP contribution in [0, 0.1) is 17.8 Å². The first kappa shape index (κ1) is 24.7. The second-order valence-corrected chi connectivity index (χ2v) is 8.61. The van der Waals surface area contributed by atoms with E-state index in [-0.39, 0.29) is 0 Å². The molecule has 0 heterocycles. The molecule has 166 valence electrons. The first-order valence-electron chi connectivity index (χ1n) is 11.7. The second kappa shape index (κ2) is 13.0. The summed E-state index contributed by atoms with van der Waals surface area (Å²) in [6.07, 6.45) is 5.00. The Kier molecular flexibility index (Phi) is 10.3. The van der Waals surface area contributed by atoms with Crippen molar-refractivity contribution in [2.45, 2.75) is 66.4 Å². The minimum absolute atomic E-state index is 0.370. The molecule has 1 saturated carbocycles. The number of benzene rings is 2. The summed E-state index contributed by atoms with van der Waals surface area (Å²) in [7, 11) is 0. The molecule has 0 aromatic heterocycles. The number of Topliss-reactive ketones (excluding diaryl/α,β-unsaturated/α-hetero) is 1. The van der Waals surface area contributed by atoms with Gasteiger partial charge in [-0.15, -0.1) is 0 Å². The molecule has 1 aliphatic rings. The molecule has 0 spiro atoms. The average molecular weight is 419 g/mol. The summed E-state index contributed by atoms with van der Waals surface area (Å²) in [5.41, 5.74) is 6.73. The first-order chi connectivity index (χ1) is 15.0. The van der Waals surface area contributed by atoms with Crippen molar-refractivity contribution in [1.82, 2.24) is 0 Å². The maximum Gasteiger partial charge on any atom is 0.141 e. The molecule has 3 atom stereocenters. The summed E-state index contributed by atoms with van der Waals surface area (Å²) >= 11 is 0. The number of carbonyl (C=O) groups excluding carboxylic acids is 1. The third kappa shape index (κ3) is 7.89. The molecular weight excluding hydrogens is 380 g/mol. The van der Waals surface area contributed by atoms with Crippen molar-refractivity contribution in [2.24, 2.45) is 17.8 Å². The molecule has 31 heavy (non-hydrogen) atoms. The summed E-state index contributed by atoms with van der Waals surface area (Å²) in [5, 5.41) is 0. The minimum Gasteiger partial charge on any atom is -0.485 e. The fraction of sp³-hybridized carbons (Fsp3) is 0.448. The second-order valence-electron chi connectivity index (χ2n) is 8.61. The Bertz CT molecular complexity index is 844. The van der Waals surface area contributed by atoms with Gasteiger partial charge >= 0.3 is 0 Å². The third-order valence-corrected chi connectivity index (χ3v) is 6.29. The Hall–Kier alpha value is -2.57. The van der Waals surface area contributed by atoms with Crippen LogP contribution in [-0.4, -0.2) is 5.78 Å². The lowest BCUT2D eigenvalue weighted by Crippen LogP contribution is -2.10. The van der Waals surface area contributed by atoms with Gasteiger partial charge in [0.25, 0.3) is 0 Å². The molecule has 1 fully saturated rings. The normalized spacial score (nSPS) is 18.5. The molecule has 0 saturated heterocycles. The van der Waals surface area contributed by atoms with E-state index in [1.54, 1.807) is 0 Å². The fourth-order valence-corrected chi connectivity index (χ4v) is 4.00. The predicted molar refractivity (Wildman–Crippen MR) is 130 cm³/mol. The molecular formula is C29H38O2. The van der Waals surface area contributed by atoms with Gasteiger partial charge in [0.05, 0.1) is 0 Å². The van der Waals surface area contributed by atoms with E-state index in [4.69, 9.17) is 4.74 Å². The molecule has 3 unspecified atom stereocenters. The van der Waals surface area contributed by atoms with Crippen molar-refractivity contribution in [1.29, 1.82) is 0 Å². The average Bonchev–Trinajstić information content (AvgIpc) is 3.13. The first-order valence-corrected chi connectivity index (χ1v) is 11.7. The van der Waals surface area contributed by atoms with Crippen LogP contribution >= 0.6 is 0 Å². The van der Waals surface area contributed by atoms with Gasteiger partial charge in [0.15, 0.2) is 0 Å². The van der Waals surface area contributed by atoms with Gasteiger partial charge in [-0.25, -0.2) is 0 Å². The molecule has 3 rings (SSSR count). The van der Waals surface area contributed by atoms with E-state index in [0.29, 0.717) is 30.1 Å². The largest absolute Gasteiger partial charge is 0.485 e. The van der Waals surface area contributed by atoms with Gasteiger partial charge in [-0.05, 0) is 48.3 Å². The standard InChI is InChI=1S/C21H24O.C8H14O/c1-4-17(3)21(5-2)22-16-20-13-11-19(12-14-20)15-18-9-7-6-8-10-18;1-3-7-6(2)4-5-8(7)9/h6-14,17H,2,4,15-16H2,1,3H3;6-7H,3-5H2,1-2H3. The van der Waals surface area contributed by atoms with Gasteiger partial charge in [0.2, 0.25) is 0 Å². The molecule has 0 amide bonds. The zero-order chi connectivity index (χ0) is 22.6. The molecule has 0 aliphatic heterocycles. The Labute approximate surface area is 189 Å². The van der Waals surface area contributed by atoms with Crippen molar-refractivity contribution in [3.05, 3.63) is 89.4 Å². The van der Waals surface area contributed by atoms with Gasteiger partial charge in [-0.1, -0.05) is 94.6 Å². The Morgan fingerprint density at radius 1 is 1.06 bits per heavy atom. The molecule has 2 aromatic carbocycles. The van der Waals surface area contributed by atoms with Crippen LogP contribution in [0.25, 0.3) is 0 Å². The third-order valence-electron chi connectivity index (χ3n) is 6.29. The highest BCUT2D eigenvalue weighted by molar-refractivity contribution is 5.83. The van der Waals surface area contributed by atoms with E-state index in [1.807, 2.05) is 6.07 Å². The number of ketones is 1. The summed E-state index contributed by atoms with van der Waals surface area (Å²) in [4.78, 5) is 11.0. The highest BCUT2D eigenvalue weighted by Crippen LogP contribution is 2.30. The van der Waals surface area contributed by atoms with Gasteiger partial charge in [0.1, 0.15) is 18.1 Å². The van der Waals surface area contributed by atoms with Crippen molar-refractivity contribution in [3.8, 4) is 0 Å². The zero-order valence-electron chi connectivity index (χ0n) is 19.7. The van der Waals surface area contributed by atoms with E-state index < -0.39 is 0 Å². The van der Waals surface area contributed by atoms with Crippen molar-refractivity contribution < 1.29 is 9.53 Å². The van der Waals surface area contributed by atoms with E-state index in [1.165, 1.54) is 16.7 Å². The van der Waals surface area contributed by atoms with Gasteiger partial charge in [0, 0.05) is 18.3 Å². The molecule has 1 aliphatic carbocycles. The molecule has 2 aromatic rings. The summed E-state index contributed by atoms with van der Waals surface area (Å²) in [6.45, 7) is 12.9. The topological polar surface area (TPSA) is 26.3 Å². The number of hydrogen-bond donors (Lipinski definition) is 0. The Morgan fingerprint density at radius 3 is 2.16 bits per heavy atom. The molecule has 2 heteroatoms. The number of ether oxygens (including phenoxy) is 1. The van der Waals surface area contributed by atoms with Crippen molar-refractivity contribution in [3.63, 3.8) is 0 Å². The van der Waals surface area contributed by atoms with Crippen LogP contribution in [0.1, 0.15) is 70.1 Å². The zero-order valence-corrected chi connectivity index (χ0v) is 19.7. The van der Waals surface area contributed by atoms with E-state index >= 15 is 0 Å². The van der Waals surface area contributed by atoms with E-state index in [0.717, 1.165) is 37.9 Å². The number of hydrogen-bond acceptors (Lipinski definition) is 2. The van der Waals surface area contributed by atoms with Crippen LogP contribution < -0.4 is 0 Å². The van der Waals surface area contributed by atoms with Gasteiger partial charge in [-0.2, -0.15) is 0 Å². The quantitative estimate of drug-likeness (QED) is 0.327. The smallest absolute Gasteiger partial charge is 0.141 e. The monoisotopic (exact) mass is 418 g/mol.